The van der Waals surface area contributed by atoms with Gasteiger partial charge in [-0.15, -0.1) is 0 Å². The number of rotatable bonds is 9. The van der Waals surface area contributed by atoms with Gasteiger partial charge in [0, 0.05) is 19.1 Å². The maximum Gasteiger partial charge on any atom is 0.331 e. The molecule has 0 saturated carbocycles. The fraction of sp³-hybridized carbons (Fsp3) is 0.560. The Balaban J connectivity index is 1.79. The molecule has 1 N–H and O–H groups in total. The molecule has 3 rings (SSSR count). The Morgan fingerprint density at radius 3 is 2.59 bits per heavy atom. The summed E-state index contributed by atoms with van der Waals surface area (Å²) < 4.78 is 11.9. The predicted molar refractivity (Wildman–Crippen MR) is 114 cm³/mol. The zero-order chi connectivity index (χ0) is 21.1. The first-order valence-electron chi connectivity index (χ1n) is 10.6. The van der Waals surface area contributed by atoms with Gasteiger partial charge < -0.3 is 14.6 Å². The van der Waals surface area contributed by atoms with Crippen molar-refractivity contribution in [1.82, 2.24) is 0 Å². The largest absolute Gasteiger partial charge is 0.449 e. The van der Waals surface area contributed by atoms with Crippen LogP contribution in [0.25, 0.3) is 0 Å². The summed E-state index contributed by atoms with van der Waals surface area (Å²) >= 11 is 0. The number of carbonyl (C=O) groups is 1. The van der Waals surface area contributed by atoms with Crippen LogP contribution >= 0.6 is 0 Å². The van der Waals surface area contributed by atoms with Crippen molar-refractivity contribution in [1.29, 1.82) is 0 Å². The third-order valence-electron chi connectivity index (χ3n) is 6.88. The average molecular weight is 399 g/mol. The molecule has 3 atom stereocenters. The van der Waals surface area contributed by atoms with Crippen LogP contribution in [0, 0.1) is 17.3 Å². The number of benzene rings is 1. The number of hydrogen-bond acceptors (Lipinski definition) is 4. The average Bonchev–Trinajstić information content (AvgIpc) is 3.13. The summed E-state index contributed by atoms with van der Waals surface area (Å²) in [6, 6.07) is 10.0. The van der Waals surface area contributed by atoms with Crippen molar-refractivity contribution >= 4 is 5.97 Å². The number of aliphatic hydroxyl groups is 1. The molecule has 0 fully saturated rings. The Bertz CT molecular complexity index is 779. The molecule has 0 amide bonds. The molecule has 4 heteroatoms. The first-order chi connectivity index (χ1) is 13.8. The molecule has 1 aliphatic heterocycles. The molecule has 1 aromatic rings. The number of ether oxygens (including phenoxy) is 2. The summed E-state index contributed by atoms with van der Waals surface area (Å²) in [6.45, 7) is 9.66. The second kappa shape index (κ2) is 8.85. The Hall–Kier alpha value is -1.91. The summed E-state index contributed by atoms with van der Waals surface area (Å²) in [5, 5.41) is 9.75. The van der Waals surface area contributed by atoms with Gasteiger partial charge in [-0.05, 0) is 48.2 Å². The molecule has 2 aliphatic rings. The number of aliphatic hydroxyl groups excluding tert-OH is 1. The van der Waals surface area contributed by atoms with Gasteiger partial charge in [-0.3, -0.25) is 0 Å². The van der Waals surface area contributed by atoms with Crippen molar-refractivity contribution in [3.8, 4) is 0 Å². The Morgan fingerprint density at radius 2 is 2.00 bits per heavy atom. The van der Waals surface area contributed by atoms with Gasteiger partial charge in [0.15, 0.2) is 5.60 Å². The quantitative estimate of drug-likeness (QED) is 0.478. The van der Waals surface area contributed by atoms with Crippen molar-refractivity contribution < 1.29 is 19.4 Å². The molecule has 1 heterocycles. The number of hydrogen-bond donors (Lipinski definition) is 1. The van der Waals surface area contributed by atoms with E-state index in [1.54, 1.807) is 6.08 Å². The highest BCUT2D eigenvalue weighted by molar-refractivity contribution is 5.86. The minimum atomic E-state index is -0.764. The monoisotopic (exact) mass is 398 g/mol. The van der Waals surface area contributed by atoms with Gasteiger partial charge in [0.1, 0.15) is 0 Å². The highest BCUT2D eigenvalue weighted by Crippen LogP contribution is 2.53. The summed E-state index contributed by atoms with van der Waals surface area (Å²) in [4.78, 5) is 12.1. The maximum absolute atomic E-state index is 12.1. The first-order valence-corrected chi connectivity index (χ1v) is 10.6. The molecule has 1 aliphatic carbocycles. The Morgan fingerprint density at radius 1 is 1.28 bits per heavy atom. The second-order valence-electron chi connectivity index (χ2n) is 9.10. The zero-order valence-electron chi connectivity index (χ0n) is 18.1. The van der Waals surface area contributed by atoms with Gasteiger partial charge in [0.2, 0.25) is 0 Å². The minimum Gasteiger partial charge on any atom is -0.449 e. The highest BCUT2D eigenvalue weighted by Gasteiger charge is 2.48. The van der Waals surface area contributed by atoms with Crippen LogP contribution < -0.4 is 0 Å². The van der Waals surface area contributed by atoms with Crippen molar-refractivity contribution in [3.05, 3.63) is 59.2 Å². The molecule has 0 bridgehead atoms. The van der Waals surface area contributed by atoms with E-state index >= 15 is 0 Å². The van der Waals surface area contributed by atoms with E-state index < -0.39 is 5.60 Å². The van der Waals surface area contributed by atoms with E-state index in [1.807, 2.05) is 37.3 Å². The van der Waals surface area contributed by atoms with E-state index in [2.05, 4.69) is 26.8 Å². The van der Waals surface area contributed by atoms with Crippen LogP contribution in [0.4, 0.5) is 0 Å². The molecule has 1 aromatic carbocycles. The fourth-order valence-corrected chi connectivity index (χ4v) is 5.06. The minimum absolute atomic E-state index is 0.0926. The fourth-order valence-electron chi connectivity index (χ4n) is 5.06. The number of allylic oxidation sites excluding steroid dienone is 1. The van der Waals surface area contributed by atoms with Crippen LogP contribution in [0.3, 0.4) is 0 Å². The van der Waals surface area contributed by atoms with E-state index in [0.717, 1.165) is 24.0 Å². The van der Waals surface area contributed by atoms with Gasteiger partial charge >= 0.3 is 5.97 Å². The molecule has 0 spiro atoms. The number of carbonyl (C=O) groups excluding carboxylic acids is 1. The molecular formula is C25H34O4. The Labute approximate surface area is 174 Å². The van der Waals surface area contributed by atoms with E-state index in [9.17, 15) is 9.90 Å². The molecule has 4 nitrogen and oxygen atoms in total. The number of esters is 1. The summed E-state index contributed by atoms with van der Waals surface area (Å²) in [7, 11) is 0. The van der Waals surface area contributed by atoms with E-state index in [-0.39, 0.29) is 18.0 Å². The van der Waals surface area contributed by atoms with Crippen molar-refractivity contribution in [3.63, 3.8) is 0 Å². The highest BCUT2D eigenvalue weighted by atomic mass is 16.6. The molecule has 29 heavy (non-hydrogen) atoms. The normalized spacial score (nSPS) is 29.2. The van der Waals surface area contributed by atoms with Crippen molar-refractivity contribution in [2.75, 3.05) is 13.2 Å². The summed E-state index contributed by atoms with van der Waals surface area (Å²) in [5.74, 6) is 0.704. The smallest absolute Gasteiger partial charge is 0.331 e. The standard InChI is InChI=1S/C25H34O4/c1-18(2)22-11-10-21(24(22,4)12-13-26)15-25(19(3)14-23(27)29-25)17-28-16-20-8-6-5-7-9-20/h5-10,14,18,22,26H,11-13,15-17H2,1-4H3/t22-,24+,25+/m1/s1. The molecular weight excluding hydrogens is 364 g/mol. The summed E-state index contributed by atoms with van der Waals surface area (Å²) in [5.41, 5.74) is 2.43. The van der Waals surface area contributed by atoms with Crippen LogP contribution in [0.2, 0.25) is 0 Å². The second-order valence-corrected chi connectivity index (χ2v) is 9.10. The lowest BCUT2D eigenvalue weighted by atomic mass is 9.66. The molecule has 158 valence electrons. The van der Waals surface area contributed by atoms with Gasteiger partial charge in [0.05, 0.1) is 13.2 Å². The van der Waals surface area contributed by atoms with E-state index in [0.29, 0.717) is 31.5 Å². The maximum atomic E-state index is 12.1. The van der Waals surface area contributed by atoms with Gasteiger partial charge in [-0.2, -0.15) is 0 Å². The van der Waals surface area contributed by atoms with Crippen LogP contribution in [0.5, 0.6) is 0 Å². The Kier molecular flexibility index (Phi) is 6.65. The lowest BCUT2D eigenvalue weighted by Gasteiger charge is -2.40. The van der Waals surface area contributed by atoms with E-state index in [1.165, 1.54) is 5.57 Å². The first kappa shape index (κ1) is 21.8. The SMILES string of the molecule is CC1=CC(=O)O[C@]1(COCc1ccccc1)CC1=CC[C@H](C(C)C)[C@@]1(C)CCO. The lowest BCUT2D eigenvalue weighted by Crippen LogP contribution is -2.40. The lowest BCUT2D eigenvalue weighted by molar-refractivity contribution is -0.151. The van der Waals surface area contributed by atoms with Crippen LogP contribution in [-0.4, -0.2) is 29.9 Å². The molecule has 0 unspecified atom stereocenters. The topological polar surface area (TPSA) is 55.8 Å². The van der Waals surface area contributed by atoms with Crippen molar-refractivity contribution in [2.24, 2.45) is 17.3 Å². The van der Waals surface area contributed by atoms with Crippen LogP contribution in [0.15, 0.2) is 53.6 Å². The van der Waals surface area contributed by atoms with Gasteiger partial charge in [-0.1, -0.05) is 62.8 Å². The van der Waals surface area contributed by atoms with E-state index in [4.69, 9.17) is 9.47 Å². The summed E-state index contributed by atoms with van der Waals surface area (Å²) in [6.07, 6.45) is 6.24. The zero-order valence-corrected chi connectivity index (χ0v) is 18.1. The predicted octanol–water partition coefficient (Wildman–Crippen LogP) is 4.83. The van der Waals surface area contributed by atoms with Crippen LogP contribution in [0.1, 0.15) is 52.5 Å². The van der Waals surface area contributed by atoms with Gasteiger partial charge in [0.25, 0.3) is 0 Å². The third-order valence-corrected chi connectivity index (χ3v) is 6.88. The van der Waals surface area contributed by atoms with Crippen molar-refractivity contribution in [2.45, 2.75) is 59.2 Å². The number of cyclic esters (lactones) is 1. The van der Waals surface area contributed by atoms with Crippen LogP contribution in [-0.2, 0) is 20.9 Å². The molecule has 0 radical (unpaired) electrons. The molecule has 0 saturated heterocycles. The van der Waals surface area contributed by atoms with Gasteiger partial charge in [-0.25, -0.2) is 4.79 Å². The molecule has 0 aromatic heterocycles. The third kappa shape index (κ3) is 4.49.